The van der Waals surface area contributed by atoms with Gasteiger partial charge in [-0.25, -0.2) is 0 Å². The summed E-state index contributed by atoms with van der Waals surface area (Å²) in [5.41, 5.74) is -0.0849. The Morgan fingerprint density at radius 1 is 1.18 bits per heavy atom. The third kappa shape index (κ3) is 5.35. The Labute approximate surface area is 170 Å². The van der Waals surface area contributed by atoms with Crippen LogP contribution in [0.15, 0.2) is 18.2 Å². The van der Waals surface area contributed by atoms with E-state index in [9.17, 15) is 14.2 Å². The molecule has 1 aromatic rings. The van der Waals surface area contributed by atoms with Gasteiger partial charge >= 0.3 is 19.5 Å². The molecule has 0 radical (unpaired) electrons. The number of benzene rings is 1. The second-order valence-corrected chi connectivity index (χ2v) is 9.46. The van der Waals surface area contributed by atoms with E-state index in [1.165, 1.54) is 0 Å². The zero-order valence-electron chi connectivity index (χ0n) is 16.5. The number of carbonyl (C=O) groups excluding carboxylic acids is 2. The fourth-order valence-corrected chi connectivity index (χ4v) is 5.47. The lowest BCUT2D eigenvalue weighted by Gasteiger charge is -2.27. The summed E-state index contributed by atoms with van der Waals surface area (Å²) in [4.78, 5) is 24.8. The molecular weight excluding hydrogens is 407 g/mol. The van der Waals surface area contributed by atoms with Gasteiger partial charge in [-0.15, -0.1) is 0 Å². The summed E-state index contributed by atoms with van der Waals surface area (Å²) >= 11 is 6.03. The molecule has 1 aliphatic rings. The molecule has 0 spiro atoms. The molecule has 0 saturated heterocycles. The summed E-state index contributed by atoms with van der Waals surface area (Å²) < 4.78 is 33.9. The van der Waals surface area contributed by atoms with Gasteiger partial charge in [-0.05, 0) is 44.0 Å². The Balaban J connectivity index is 2.14. The molecule has 28 heavy (non-hydrogen) atoms. The number of rotatable bonds is 9. The maximum absolute atomic E-state index is 13.0. The van der Waals surface area contributed by atoms with Crippen LogP contribution in [-0.4, -0.2) is 43.5 Å². The molecule has 0 aliphatic heterocycles. The third-order valence-corrected chi connectivity index (χ3v) is 7.12. The molecule has 2 atom stereocenters. The van der Waals surface area contributed by atoms with Gasteiger partial charge in [0.15, 0.2) is 5.66 Å². The minimum absolute atomic E-state index is 0.0631. The molecule has 0 bridgehead atoms. The van der Waals surface area contributed by atoms with E-state index in [1.807, 2.05) is 19.1 Å². The van der Waals surface area contributed by atoms with Crippen LogP contribution in [0.2, 0.25) is 5.02 Å². The van der Waals surface area contributed by atoms with Crippen LogP contribution in [0.1, 0.15) is 38.3 Å². The van der Waals surface area contributed by atoms with Gasteiger partial charge in [0, 0.05) is 17.9 Å². The lowest BCUT2D eigenvalue weighted by molar-refractivity contribution is -0.159. The van der Waals surface area contributed by atoms with E-state index >= 15 is 0 Å². The molecule has 0 fully saturated rings. The predicted molar refractivity (Wildman–Crippen MR) is 105 cm³/mol. The molecule has 2 unspecified atom stereocenters. The summed E-state index contributed by atoms with van der Waals surface area (Å²) in [5.74, 6) is -1.51. The first-order valence-electron chi connectivity index (χ1n) is 9.12. The van der Waals surface area contributed by atoms with Gasteiger partial charge in [0.1, 0.15) is 5.60 Å². The molecule has 0 aromatic heterocycles. The number of ether oxygens (including phenoxy) is 2. The van der Waals surface area contributed by atoms with Crippen molar-refractivity contribution in [1.29, 1.82) is 0 Å². The van der Waals surface area contributed by atoms with Crippen molar-refractivity contribution < 1.29 is 32.7 Å². The molecule has 0 saturated carbocycles. The van der Waals surface area contributed by atoms with E-state index in [1.54, 1.807) is 19.9 Å². The zero-order valence-corrected chi connectivity index (χ0v) is 18.2. The fraction of sp³-hybridized carbons (Fsp3) is 0.579. The molecule has 7 nitrogen and oxygen atoms in total. The number of hydrogen-bond acceptors (Lipinski definition) is 7. The first-order valence-corrected chi connectivity index (χ1v) is 11.1. The monoisotopic (exact) mass is 432 g/mol. The molecular formula is C19H26ClO7P. The average Bonchev–Trinajstić information content (AvgIpc) is 2.94. The largest absolute Gasteiger partial charge is 0.468 e. The van der Waals surface area contributed by atoms with Crippen LogP contribution >= 0.6 is 19.2 Å². The zero-order chi connectivity index (χ0) is 20.9. The number of esters is 2. The van der Waals surface area contributed by atoms with E-state index in [0.29, 0.717) is 17.9 Å². The molecule has 2 rings (SSSR count). The number of hydrogen-bond donors (Lipinski definition) is 0. The van der Waals surface area contributed by atoms with Crippen LogP contribution in [0, 0.1) is 0 Å². The summed E-state index contributed by atoms with van der Waals surface area (Å²) in [6, 6.07) is 5.56. The van der Waals surface area contributed by atoms with E-state index in [0.717, 1.165) is 18.2 Å². The maximum atomic E-state index is 13.0. The number of carbonyl (C=O) groups is 2. The topological polar surface area (TPSA) is 88.1 Å². The number of fused-ring (bicyclic) bond motifs is 1. The van der Waals surface area contributed by atoms with Crippen molar-refractivity contribution >= 4 is 31.1 Å². The van der Waals surface area contributed by atoms with Gasteiger partial charge in [-0.1, -0.05) is 17.7 Å². The van der Waals surface area contributed by atoms with Crippen molar-refractivity contribution in [2.45, 2.75) is 51.3 Å². The summed E-state index contributed by atoms with van der Waals surface area (Å²) in [7, 11) is -2.73. The predicted octanol–water partition coefficient (Wildman–Crippen LogP) is 3.94. The highest BCUT2D eigenvalue weighted by atomic mass is 35.5. The van der Waals surface area contributed by atoms with Crippen molar-refractivity contribution in [2.75, 3.05) is 20.3 Å². The minimum Gasteiger partial charge on any atom is -0.468 e. The van der Waals surface area contributed by atoms with E-state index in [2.05, 4.69) is 0 Å². The fourth-order valence-electron chi connectivity index (χ4n) is 3.38. The standard InChI is InChI=1S/C19H26ClO7P/c1-5-25-28(23,26-6-2)16(18(22)24-4)10-17(21)27-19(3)11-13-7-8-15(20)9-14(13)12-19/h7-9,16H,5-6,10-12H2,1-4H3. The summed E-state index contributed by atoms with van der Waals surface area (Å²) in [6.07, 6.45) is 0.575. The van der Waals surface area contributed by atoms with Crippen molar-refractivity contribution in [2.24, 2.45) is 0 Å². The highest BCUT2D eigenvalue weighted by Gasteiger charge is 2.45. The van der Waals surface area contributed by atoms with Gasteiger partial charge in [0.2, 0.25) is 0 Å². The SMILES string of the molecule is CCOP(=O)(OCC)C(CC(=O)OC1(C)Cc2ccc(Cl)cc2C1)C(=O)OC. The Kier molecular flexibility index (Phi) is 7.68. The molecule has 1 aromatic carbocycles. The molecule has 1 aliphatic carbocycles. The second-order valence-electron chi connectivity index (χ2n) is 6.81. The van der Waals surface area contributed by atoms with Crippen LogP contribution in [0.3, 0.4) is 0 Å². The molecule has 156 valence electrons. The quantitative estimate of drug-likeness (QED) is 0.431. The van der Waals surface area contributed by atoms with Gasteiger partial charge in [-0.3, -0.25) is 14.2 Å². The normalized spacial score (nSPS) is 19.8. The van der Waals surface area contributed by atoms with Gasteiger partial charge in [-0.2, -0.15) is 0 Å². The van der Waals surface area contributed by atoms with Crippen LogP contribution in [0.5, 0.6) is 0 Å². The first-order chi connectivity index (χ1) is 13.2. The van der Waals surface area contributed by atoms with Crippen LogP contribution in [0.25, 0.3) is 0 Å². The second kappa shape index (κ2) is 9.40. The Morgan fingerprint density at radius 2 is 1.79 bits per heavy atom. The van der Waals surface area contributed by atoms with Crippen molar-refractivity contribution in [3.05, 3.63) is 34.3 Å². The molecule has 0 heterocycles. The minimum atomic E-state index is -3.88. The van der Waals surface area contributed by atoms with E-state index < -0.39 is 37.2 Å². The maximum Gasteiger partial charge on any atom is 0.345 e. The molecule has 0 N–H and O–H groups in total. The van der Waals surface area contributed by atoms with E-state index in [4.69, 9.17) is 30.1 Å². The number of methoxy groups -OCH3 is 1. The highest BCUT2D eigenvalue weighted by Crippen LogP contribution is 2.54. The van der Waals surface area contributed by atoms with Gasteiger partial charge in [0.25, 0.3) is 0 Å². The van der Waals surface area contributed by atoms with Crippen molar-refractivity contribution in [3.63, 3.8) is 0 Å². The number of halogens is 1. The summed E-state index contributed by atoms with van der Waals surface area (Å²) in [6.45, 7) is 5.19. The van der Waals surface area contributed by atoms with Crippen LogP contribution in [-0.2, 0) is 45.5 Å². The van der Waals surface area contributed by atoms with Crippen LogP contribution < -0.4 is 0 Å². The van der Waals surface area contributed by atoms with Crippen molar-refractivity contribution in [3.8, 4) is 0 Å². The lowest BCUT2D eigenvalue weighted by atomic mass is 10.0. The summed E-state index contributed by atoms with van der Waals surface area (Å²) in [5, 5.41) is 0.620. The van der Waals surface area contributed by atoms with Gasteiger partial charge in [0.05, 0.1) is 26.7 Å². The Bertz CT molecular complexity index is 772. The van der Waals surface area contributed by atoms with E-state index in [-0.39, 0.29) is 13.2 Å². The smallest absolute Gasteiger partial charge is 0.345 e. The van der Waals surface area contributed by atoms with Crippen LogP contribution in [0.4, 0.5) is 0 Å². The molecule has 0 amide bonds. The Morgan fingerprint density at radius 3 is 2.36 bits per heavy atom. The van der Waals surface area contributed by atoms with Crippen molar-refractivity contribution in [1.82, 2.24) is 0 Å². The third-order valence-electron chi connectivity index (χ3n) is 4.49. The molecule has 9 heteroatoms. The average molecular weight is 433 g/mol. The highest BCUT2D eigenvalue weighted by molar-refractivity contribution is 7.55. The first kappa shape index (κ1) is 22.9. The lowest BCUT2D eigenvalue weighted by Crippen LogP contribution is -2.35. The van der Waals surface area contributed by atoms with Gasteiger partial charge < -0.3 is 18.5 Å². The Hall–Kier alpha value is -1.40.